The fourth-order valence-electron chi connectivity index (χ4n) is 2.31. The van der Waals surface area contributed by atoms with Crippen molar-refractivity contribution in [1.82, 2.24) is 0 Å². The van der Waals surface area contributed by atoms with Gasteiger partial charge in [-0.15, -0.1) is 13.1 Å². The van der Waals surface area contributed by atoms with Gasteiger partial charge in [-0.1, -0.05) is 56.7 Å². The maximum absolute atomic E-state index is 12.6. The van der Waals surface area contributed by atoms with Gasteiger partial charge in [0, 0.05) is 0 Å². The second kappa shape index (κ2) is 7.91. The molecule has 0 radical (unpaired) electrons. The monoisotopic (exact) mass is 350 g/mol. The molecule has 0 aliphatic rings. The van der Waals surface area contributed by atoms with Gasteiger partial charge in [0.1, 0.15) is 5.75 Å². The topological polar surface area (TPSA) is 23.3 Å². The molecule has 0 amide bonds. The highest BCUT2D eigenvalue weighted by Crippen LogP contribution is 2.31. The van der Waals surface area contributed by atoms with Crippen molar-refractivity contribution in [2.75, 3.05) is 13.2 Å². The Kier molecular flexibility index (Phi) is 6.11. The molecular weight excluding hydrogens is 327 g/mol. The largest absolute Gasteiger partial charge is 0.656 e. The zero-order valence-corrected chi connectivity index (χ0v) is 14.7. The third-order valence-electron chi connectivity index (χ3n) is 3.79. The predicted octanol–water partition coefficient (Wildman–Crippen LogP) is 5.96. The maximum atomic E-state index is 12.6. The van der Waals surface area contributed by atoms with Gasteiger partial charge in [-0.3, -0.25) is 0 Å². The van der Waals surface area contributed by atoms with Crippen LogP contribution in [0.1, 0.15) is 37.5 Å². The number of halogens is 3. The molecule has 0 aliphatic carbocycles. The first kappa shape index (κ1) is 19.3. The van der Waals surface area contributed by atoms with Crippen LogP contribution in [0, 0.1) is 0 Å². The summed E-state index contributed by atoms with van der Waals surface area (Å²) >= 11 is 0. The molecule has 0 fully saturated rings. The Morgan fingerprint density at radius 3 is 2.20 bits per heavy atom. The molecule has 0 atom stereocenters. The highest BCUT2D eigenvalue weighted by atomic mass is 19.4. The lowest BCUT2D eigenvalue weighted by atomic mass is 9.87. The van der Waals surface area contributed by atoms with Gasteiger partial charge in [-0.2, -0.15) is 13.2 Å². The van der Waals surface area contributed by atoms with E-state index in [0.29, 0.717) is 13.1 Å². The molecule has 0 bridgehead atoms. The minimum Gasteiger partial charge on any atom is -0.656 e. The van der Waals surface area contributed by atoms with E-state index in [1.54, 1.807) is 0 Å². The van der Waals surface area contributed by atoms with Crippen LogP contribution in [-0.2, 0) is 18.1 Å². The summed E-state index contributed by atoms with van der Waals surface area (Å²) in [5, 5.41) is 4.37. The Bertz CT molecular complexity index is 673. The van der Waals surface area contributed by atoms with E-state index in [1.807, 2.05) is 0 Å². The number of benzene rings is 2. The van der Waals surface area contributed by atoms with Crippen LogP contribution < -0.4 is 4.74 Å². The molecule has 0 aromatic heterocycles. The van der Waals surface area contributed by atoms with Crippen molar-refractivity contribution in [2.24, 2.45) is 0 Å². The summed E-state index contributed by atoms with van der Waals surface area (Å²) in [4.78, 5) is 0. The molecule has 0 saturated heterocycles. The molecular formula is C20H23F3NO-. The van der Waals surface area contributed by atoms with E-state index >= 15 is 0 Å². The zero-order valence-electron chi connectivity index (χ0n) is 14.7. The smallest absolute Gasteiger partial charge is 0.416 e. The molecule has 0 N–H and O–H groups in total. The summed E-state index contributed by atoms with van der Waals surface area (Å²) in [6.07, 6.45) is -4.36. The molecule has 5 heteroatoms. The van der Waals surface area contributed by atoms with Crippen molar-refractivity contribution in [3.8, 4) is 5.75 Å². The highest BCUT2D eigenvalue weighted by molar-refractivity contribution is 5.30. The second-order valence-corrected chi connectivity index (χ2v) is 6.93. The standard InChI is InChI=1S/C20H23F3NO/c1-19(2,3)16-9-7-15(8-10-16)14-24-11-12-25-18-6-4-5-17(13-18)20(21,22)23/h4-10,13H,11-12,14H2,1-3H3/q-1. The number of hydrogen-bond donors (Lipinski definition) is 0. The van der Waals surface area contributed by atoms with Crippen LogP contribution in [0.3, 0.4) is 0 Å². The Labute approximate surface area is 147 Å². The van der Waals surface area contributed by atoms with Crippen molar-refractivity contribution < 1.29 is 17.9 Å². The summed E-state index contributed by atoms with van der Waals surface area (Å²) in [7, 11) is 0. The van der Waals surface area contributed by atoms with Crippen molar-refractivity contribution in [3.63, 3.8) is 0 Å². The Morgan fingerprint density at radius 1 is 0.920 bits per heavy atom. The second-order valence-electron chi connectivity index (χ2n) is 6.93. The fourth-order valence-corrected chi connectivity index (χ4v) is 2.31. The summed E-state index contributed by atoms with van der Waals surface area (Å²) in [5.41, 5.74) is 1.78. The van der Waals surface area contributed by atoms with E-state index < -0.39 is 11.7 Å². The number of hydrogen-bond acceptors (Lipinski definition) is 1. The van der Waals surface area contributed by atoms with E-state index in [1.165, 1.54) is 17.7 Å². The molecule has 25 heavy (non-hydrogen) atoms. The van der Waals surface area contributed by atoms with Crippen molar-refractivity contribution in [2.45, 2.75) is 38.9 Å². The summed E-state index contributed by atoms with van der Waals surface area (Å²) < 4.78 is 43.2. The maximum Gasteiger partial charge on any atom is 0.416 e. The SMILES string of the molecule is CC(C)(C)c1ccc(C[N-]CCOc2cccc(C(F)(F)F)c2)cc1. The fraction of sp³-hybridized carbons (Fsp3) is 0.400. The average Bonchev–Trinajstić information content (AvgIpc) is 2.54. The number of ether oxygens (including phenoxy) is 1. The Morgan fingerprint density at radius 2 is 1.60 bits per heavy atom. The van der Waals surface area contributed by atoms with Gasteiger partial charge in [0.15, 0.2) is 0 Å². The third kappa shape index (κ3) is 6.09. The van der Waals surface area contributed by atoms with Crippen molar-refractivity contribution >= 4 is 0 Å². The van der Waals surface area contributed by atoms with Gasteiger partial charge in [0.05, 0.1) is 12.2 Å². The van der Waals surface area contributed by atoms with E-state index in [2.05, 4.69) is 50.4 Å². The lowest BCUT2D eigenvalue weighted by Gasteiger charge is -2.22. The van der Waals surface area contributed by atoms with Crippen LogP contribution in [0.25, 0.3) is 5.32 Å². The summed E-state index contributed by atoms with van der Waals surface area (Å²) in [6.45, 7) is 7.74. The van der Waals surface area contributed by atoms with E-state index in [-0.39, 0.29) is 17.8 Å². The molecule has 0 aliphatic heterocycles. The van der Waals surface area contributed by atoms with E-state index in [9.17, 15) is 13.2 Å². The highest BCUT2D eigenvalue weighted by Gasteiger charge is 2.30. The Balaban J connectivity index is 1.75. The van der Waals surface area contributed by atoms with Gasteiger partial charge in [0.25, 0.3) is 0 Å². The van der Waals surface area contributed by atoms with Gasteiger partial charge in [-0.05, 0) is 29.2 Å². The molecule has 2 nitrogen and oxygen atoms in total. The number of rotatable bonds is 6. The van der Waals surface area contributed by atoms with Gasteiger partial charge < -0.3 is 10.1 Å². The van der Waals surface area contributed by atoms with Gasteiger partial charge in [0.2, 0.25) is 0 Å². The van der Waals surface area contributed by atoms with Crippen LogP contribution in [-0.4, -0.2) is 13.2 Å². The summed E-state index contributed by atoms with van der Waals surface area (Å²) in [5.74, 6) is 0.208. The first-order valence-corrected chi connectivity index (χ1v) is 8.19. The van der Waals surface area contributed by atoms with Crippen LogP contribution >= 0.6 is 0 Å². The average molecular weight is 350 g/mol. The first-order chi connectivity index (χ1) is 11.7. The zero-order chi connectivity index (χ0) is 18.5. The molecule has 0 unspecified atom stereocenters. The van der Waals surface area contributed by atoms with Crippen molar-refractivity contribution in [1.29, 1.82) is 0 Å². The minimum absolute atomic E-state index is 0.120. The van der Waals surface area contributed by atoms with Gasteiger partial charge >= 0.3 is 6.18 Å². The van der Waals surface area contributed by atoms with Crippen LogP contribution in [0.5, 0.6) is 5.75 Å². The van der Waals surface area contributed by atoms with Gasteiger partial charge in [-0.25, -0.2) is 0 Å². The first-order valence-electron chi connectivity index (χ1n) is 8.19. The van der Waals surface area contributed by atoms with Crippen LogP contribution in [0.4, 0.5) is 13.2 Å². The lowest BCUT2D eigenvalue weighted by Crippen LogP contribution is -2.10. The normalized spacial score (nSPS) is 12.2. The van der Waals surface area contributed by atoms with Crippen LogP contribution in [0.15, 0.2) is 48.5 Å². The quantitative estimate of drug-likeness (QED) is 0.590. The molecule has 0 saturated carbocycles. The molecule has 2 aromatic carbocycles. The van der Waals surface area contributed by atoms with E-state index in [0.717, 1.165) is 17.7 Å². The molecule has 0 spiro atoms. The lowest BCUT2D eigenvalue weighted by molar-refractivity contribution is -0.137. The molecule has 136 valence electrons. The predicted molar refractivity (Wildman–Crippen MR) is 94.0 cm³/mol. The number of alkyl halides is 3. The number of nitrogens with zero attached hydrogens (tertiary/aromatic N) is 1. The van der Waals surface area contributed by atoms with Crippen molar-refractivity contribution in [3.05, 3.63) is 70.5 Å². The molecule has 0 heterocycles. The molecule has 2 rings (SSSR count). The summed E-state index contributed by atoms with van der Waals surface area (Å²) in [6, 6.07) is 13.2. The van der Waals surface area contributed by atoms with E-state index in [4.69, 9.17) is 4.74 Å². The minimum atomic E-state index is -4.36. The Hall–Kier alpha value is -2.01. The third-order valence-corrected chi connectivity index (χ3v) is 3.79. The molecule has 2 aromatic rings. The van der Waals surface area contributed by atoms with Crippen LogP contribution in [0.2, 0.25) is 0 Å².